The predicted octanol–water partition coefficient (Wildman–Crippen LogP) is 4.76. The summed E-state index contributed by atoms with van der Waals surface area (Å²) in [5.41, 5.74) is 3.51. The largest absolute Gasteiger partial charge is 0.497 e. The van der Waals surface area contributed by atoms with Gasteiger partial charge < -0.3 is 14.6 Å². The Morgan fingerprint density at radius 3 is 2.72 bits per heavy atom. The Balaban J connectivity index is 1.32. The molecule has 1 N–H and O–H groups in total. The van der Waals surface area contributed by atoms with Gasteiger partial charge in [0.2, 0.25) is 11.7 Å². The van der Waals surface area contributed by atoms with Crippen molar-refractivity contribution < 1.29 is 14.1 Å². The number of aromatic nitrogens is 4. The molecule has 0 atom stereocenters. The van der Waals surface area contributed by atoms with Crippen LogP contribution in [0.3, 0.4) is 0 Å². The van der Waals surface area contributed by atoms with Crippen molar-refractivity contribution in [1.82, 2.24) is 19.9 Å². The molecule has 2 heterocycles. The molecule has 8 nitrogen and oxygen atoms in total. The average molecular weight is 429 g/mol. The lowest BCUT2D eigenvalue weighted by atomic mass is 9.85. The van der Waals surface area contributed by atoms with Crippen molar-refractivity contribution in [3.63, 3.8) is 0 Å². The molecule has 1 saturated carbocycles. The van der Waals surface area contributed by atoms with Crippen LogP contribution in [0.25, 0.3) is 17.1 Å². The van der Waals surface area contributed by atoms with Gasteiger partial charge in [0.25, 0.3) is 5.91 Å². The summed E-state index contributed by atoms with van der Waals surface area (Å²) in [7, 11) is 1.59. The van der Waals surface area contributed by atoms with Crippen LogP contribution in [-0.4, -0.2) is 32.9 Å². The molecule has 4 aromatic rings. The molecule has 162 valence electrons. The van der Waals surface area contributed by atoms with Crippen LogP contribution in [0.4, 0.5) is 5.69 Å². The highest BCUT2D eigenvalue weighted by molar-refractivity contribution is 6.05. The number of carbonyl (C=O) groups is 1. The zero-order valence-electron chi connectivity index (χ0n) is 17.9. The Kier molecular flexibility index (Phi) is 5.18. The van der Waals surface area contributed by atoms with E-state index in [9.17, 15) is 4.79 Å². The van der Waals surface area contributed by atoms with Crippen LogP contribution >= 0.6 is 0 Å². The summed E-state index contributed by atoms with van der Waals surface area (Å²) in [6.07, 6.45) is 5.18. The lowest BCUT2D eigenvalue weighted by Gasteiger charge is -2.20. The molecule has 32 heavy (non-hydrogen) atoms. The van der Waals surface area contributed by atoms with E-state index in [-0.39, 0.29) is 5.91 Å². The minimum atomic E-state index is -0.228. The minimum Gasteiger partial charge on any atom is -0.497 e. The van der Waals surface area contributed by atoms with Gasteiger partial charge in [0.15, 0.2) is 0 Å². The number of amides is 1. The molecule has 1 aliphatic rings. The van der Waals surface area contributed by atoms with E-state index in [0.29, 0.717) is 34.4 Å². The third-order valence-corrected chi connectivity index (χ3v) is 5.76. The average Bonchev–Trinajstić information content (AvgIpc) is 3.40. The van der Waals surface area contributed by atoms with E-state index >= 15 is 0 Å². The summed E-state index contributed by atoms with van der Waals surface area (Å²) in [6.45, 7) is 1.81. The van der Waals surface area contributed by atoms with Crippen LogP contribution < -0.4 is 10.1 Å². The molecule has 1 aliphatic carbocycles. The number of nitrogens with zero attached hydrogens (tertiary/aromatic N) is 4. The molecule has 8 heteroatoms. The lowest BCUT2D eigenvalue weighted by Crippen LogP contribution is -2.12. The van der Waals surface area contributed by atoms with Crippen molar-refractivity contribution in [3.05, 3.63) is 71.9 Å². The molecule has 2 aromatic heterocycles. The molecular weight excluding hydrogens is 406 g/mol. The van der Waals surface area contributed by atoms with Crippen LogP contribution in [-0.2, 0) is 0 Å². The number of aryl methyl sites for hydroxylation is 1. The first-order valence-electron chi connectivity index (χ1n) is 10.6. The van der Waals surface area contributed by atoms with Crippen molar-refractivity contribution >= 4 is 11.6 Å². The monoisotopic (exact) mass is 429 g/mol. The summed E-state index contributed by atoms with van der Waals surface area (Å²) in [4.78, 5) is 17.3. The van der Waals surface area contributed by atoms with Crippen LogP contribution in [0.15, 0.2) is 59.3 Å². The Hall–Kier alpha value is -3.94. The molecule has 1 fully saturated rings. The summed E-state index contributed by atoms with van der Waals surface area (Å²) in [5.74, 6) is 2.17. The third-order valence-electron chi connectivity index (χ3n) is 5.76. The van der Waals surface area contributed by atoms with E-state index < -0.39 is 0 Å². The van der Waals surface area contributed by atoms with Gasteiger partial charge in [-0.15, -0.1) is 0 Å². The van der Waals surface area contributed by atoms with Gasteiger partial charge in [0, 0.05) is 29.4 Å². The van der Waals surface area contributed by atoms with Crippen molar-refractivity contribution in [3.8, 4) is 22.8 Å². The van der Waals surface area contributed by atoms with E-state index in [4.69, 9.17) is 9.26 Å². The number of anilines is 1. The van der Waals surface area contributed by atoms with Gasteiger partial charge in [-0.25, -0.2) is 4.68 Å². The third kappa shape index (κ3) is 3.87. The van der Waals surface area contributed by atoms with Crippen LogP contribution in [0, 0.1) is 6.92 Å². The van der Waals surface area contributed by atoms with Crippen LogP contribution in [0.5, 0.6) is 5.75 Å². The zero-order chi connectivity index (χ0) is 22.1. The van der Waals surface area contributed by atoms with E-state index in [2.05, 4.69) is 20.6 Å². The molecule has 0 bridgehead atoms. The number of methoxy groups -OCH3 is 1. The standard InChI is InChI=1S/C24H23N5O3/c1-15-21(23(30)25-18-7-4-8-20(13-18)31-2)14-29(27-15)19-11-9-16(10-12-19)22-26-24(32-28-22)17-5-3-6-17/h4,7-14,17H,3,5-6H2,1-2H3,(H,25,30). The second-order valence-corrected chi connectivity index (χ2v) is 7.89. The molecule has 0 radical (unpaired) electrons. The van der Waals surface area contributed by atoms with Gasteiger partial charge in [-0.2, -0.15) is 10.1 Å². The number of hydrogen-bond donors (Lipinski definition) is 1. The molecule has 0 aliphatic heterocycles. The predicted molar refractivity (Wildman–Crippen MR) is 119 cm³/mol. The second kappa shape index (κ2) is 8.30. The number of benzene rings is 2. The van der Waals surface area contributed by atoms with Crippen molar-refractivity contribution in [2.24, 2.45) is 0 Å². The van der Waals surface area contributed by atoms with Gasteiger partial charge in [-0.05, 0) is 56.2 Å². The maximum Gasteiger partial charge on any atom is 0.259 e. The number of hydrogen-bond acceptors (Lipinski definition) is 6. The summed E-state index contributed by atoms with van der Waals surface area (Å²) >= 11 is 0. The first-order chi connectivity index (χ1) is 15.6. The smallest absolute Gasteiger partial charge is 0.259 e. The fraction of sp³-hybridized carbons (Fsp3) is 0.250. The highest BCUT2D eigenvalue weighted by atomic mass is 16.5. The second-order valence-electron chi connectivity index (χ2n) is 7.89. The summed E-state index contributed by atoms with van der Waals surface area (Å²) in [6, 6.07) is 14.9. The number of nitrogens with one attached hydrogen (secondary N) is 1. The van der Waals surface area contributed by atoms with Crippen LogP contribution in [0.1, 0.15) is 47.1 Å². The van der Waals surface area contributed by atoms with E-state index in [1.54, 1.807) is 24.1 Å². The SMILES string of the molecule is COc1cccc(NC(=O)c2cn(-c3ccc(-c4noc(C5CCC5)n4)cc3)nc2C)c1. The first-order valence-corrected chi connectivity index (χ1v) is 10.6. The minimum absolute atomic E-state index is 0.228. The lowest BCUT2D eigenvalue weighted by molar-refractivity contribution is 0.102. The molecule has 0 spiro atoms. The number of rotatable bonds is 6. The Labute approximate surface area is 185 Å². The Bertz CT molecular complexity index is 1250. The normalized spacial score (nSPS) is 13.6. The first kappa shape index (κ1) is 20.0. The maximum absolute atomic E-state index is 12.8. The highest BCUT2D eigenvalue weighted by Gasteiger charge is 2.25. The fourth-order valence-electron chi connectivity index (χ4n) is 3.65. The summed E-state index contributed by atoms with van der Waals surface area (Å²) < 4.78 is 12.3. The zero-order valence-corrected chi connectivity index (χ0v) is 17.9. The van der Waals surface area contributed by atoms with Crippen molar-refractivity contribution in [1.29, 1.82) is 0 Å². The maximum atomic E-state index is 12.8. The van der Waals surface area contributed by atoms with Crippen LogP contribution in [0.2, 0.25) is 0 Å². The van der Waals surface area contributed by atoms with Gasteiger partial charge in [0.05, 0.1) is 24.1 Å². The molecule has 2 aromatic carbocycles. The molecule has 5 rings (SSSR count). The molecule has 0 saturated heterocycles. The number of ether oxygens (including phenoxy) is 1. The van der Waals surface area contributed by atoms with Gasteiger partial charge in [-0.1, -0.05) is 17.6 Å². The molecule has 0 unspecified atom stereocenters. The van der Waals surface area contributed by atoms with Crippen molar-refractivity contribution in [2.45, 2.75) is 32.1 Å². The molecule has 1 amide bonds. The van der Waals surface area contributed by atoms with Gasteiger partial charge in [-0.3, -0.25) is 4.79 Å². The Morgan fingerprint density at radius 1 is 1.19 bits per heavy atom. The van der Waals surface area contributed by atoms with Crippen molar-refractivity contribution in [2.75, 3.05) is 12.4 Å². The number of carbonyl (C=O) groups excluding carboxylic acids is 1. The van der Waals surface area contributed by atoms with E-state index in [0.717, 1.165) is 30.0 Å². The summed E-state index contributed by atoms with van der Waals surface area (Å²) in [5, 5.41) is 11.5. The topological polar surface area (TPSA) is 95.1 Å². The molecular formula is C24H23N5O3. The van der Waals surface area contributed by atoms with E-state index in [1.165, 1.54) is 6.42 Å². The highest BCUT2D eigenvalue weighted by Crippen LogP contribution is 2.36. The van der Waals surface area contributed by atoms with E-state index in [1.807, 2.05) is 49.4 Å². The Morgan fingerprint density at radius 2 is 2.00 bits per heavy atom. The fourth-order valence-corrected chi connectivity index (χ4v) is 3.65. The van der Waals surface area contributed by atoms with Gasteiger partial charge >= 0.3 is 0 Å². The quantitative estimate of drug-likeness (QED) is 0.475. The van der Waals surface area contributed by atoms with Gasteiger partial charge in [0.1, 0.15) is 5.75 Å².